The van der Waals surface area contributed by atoms with Crippen LogP contribution in [0.5, 0.6) is 17.2 Å². The Labute approximate surface area is 724 Å². The first-order valence-corrected chi connectivity index (χ1v) is 49.7. The number of ether oxygens (including phenoxy) is 5. The minimum Gasteiger partial charge on any atom is -0.494 e. The Kier molecular flexibility index (Phi) is 40.8. The molecule has 0 amide bonds. The number of unbranched alkanes of at least 4 members (excludes halogenated alkanes) is 8. The molecule has 0 heterocycles. The van der Waals surface area contributed by atoms with E-state index in [0.29, 0.717) is 40.7 Å². The minimum atomic E-state index is -0.560. The molecule has 2 unspecified atom stereocenters. The second kappa shape index (κ2) is 49.8. The molecular weight excluding hydrogens is 1480 g/mol. The predicted molar refractivity (Wildman–Crippen MR) is 491 cm³/mol. The van der Waals surface area contributed by atoms with E-state index in [1.54, 1.807) is 87.4 Å². The smallest absolute Gasteiger partial charge is 0.343 e. The maximum absolute atomic E-state index is 14.3. The molecule has 8 aliphatic rings. The Morgan fingerprint density at radius 3 is 1.56 bits per heavy atom. The molecule has 4 aromatic rings. The molecule has 9 atom stereocenters. The minimum absolute atomic E-state index is 0.0522. The Hall–Kier alpha value is -5.51. The summed E-state index contributed by atoms with van der Waals surface area (Å²) in [5, 5.41) is 0. The molecule has 7 fully saturated rings. The molecule has 0 N–H and O–H groups in total. The second-order valence-corrected chi connectivity index (χ2v) is 40.8. The lowest BCUT2D eigenvalue weighted by atomic mass is 9.47. The zero-order chi connectivity index (χ0) is 85.4. The van der Waals surface area contributed by atoms with Crippen LogP contribution in [0.2, 0.25) is 0 Å². The topological polar surface area (TPSA) is 97.4 Å². The van der Waals surface area contributed by atoms with Gasteiger partial charge in [-0.3, -0.25) is 4.79 Å². The molecule has 119 heavy (non-hydrogen) atoms. The van der Waals surface area contributed by atoms with Gasteiger partial charge >= 0.3 is 17.9 Å². The number of carbonyl (C=O) groups excluding carboxylic acids is 3. The highest BCUT2D eigenvalue weighted by Gasteiger charge is 2.59. The van der Waals surface area contributed by atoms with Gasteiger partial charge in [-0.1, -0.05) is 240 Å². The number of carbonyl (C=O) groups is 3. The van der Waals surface area contributed by atoms with E-state index in [-0.39, 0.29) is 35.9 Å². The number of fused-ring (bicyclic) bond motifs is 5. The van der Waals surface area contributed by atoms with Crippen LogP contribution in [0.25, 0.3) is 0 Å². The molecular formula is C109H168F2O8. The average molecular weight is 1640 g/mol. The van der Waals surface area contributed by atoms with E-state index in [2.05, 4.69) is 107 Å². The summed E-state index contributed by atoms with van der Waals surface area (Å²) >= 11 is 0. The zero-order valence-electron chi connectivity index (χ0n) is 77.9. The van der Waals surface area contributed by atoms with E-state index in [4.69, 9.17) is 23.7 Å². The van der Waals surface area contributed by atoms with Gasteiger partial charge in [0.2, 0.25) is 0 Å². The lowest BCUT2D eigenvalue weighted by Crippen LogP contribution is -2.51. The van der Waals surface area contributed by atoms with Crippen molar-refractivity contribution in [3.05, 3.63) is 136 Å². The second-order valence-electron chi connectivity index (χ2n) is 40.8. The molecule has 8 nitrogen and oxygen atoms in total. The van der Waals surface area contributed by atoms with Crippen LogP contribution in [0.4, 0.5) is 8.78 Å². The zero-order valence-corrected chi connectivity index (χ0v) is 77.9. The number of halogens is 2. The van der Waals surface area contributed by atoms with Gasteiger partial charge in [0.1, 0.15) is 17.6 Å². The summed E-state index contributed by atoms with van der Waals surface area (Å²) in [5.41, 5.74) is 7.34. The van der Waals surface area contributed by atoms with E-state index in [9.17, 15) is 23.2 Å². The third kappa shape index (κ3) is 29.6. The summed E-state index contributed by atoms with van der Waals surface area (Å²) in [6.45, 7) is 34.2. The maximum Gasteiger partial charge on any atom is 0.343 e. The lowest BCUT2D eigenvalue weighted by molar-refractivity contribution is -0.151. The van der Waals surface area contributed by atoms with Gasteiger partial charge in [-0.05, 0) is 346 Å². The highest BCUT2D eigenvalue weighted by atomic mass is 19.1. The van der Waals surface area contributed by atoms with Crippen molar-refractivity contribution >= 4 is 17.9 Å². The van der Waals surface area contributed by atoms with Crippen LogP contribution >= 0.6 is 0 Å². The fourth-order valence-electron chi connectivity index (χ4n) is 23.8. The van der Waals surface area contributed by atoms with Crippen molar-refractivity contribution in [1.29, 1.82) is 0 Å². The van der Waals surface area contributed by atoms with Crippen LogP contribution in [0, 0.1) is 99.4 Å². The molecule has 0 bridgehead atoms. The first-order chi connectivity index (χ1) is 57.3. The fourth-order valence-corrected chi connectivity index (χ4v) is 23.8. The van der Waals surface area contributed by atoms with Crippen LogP contribution in [0.3, 0.4) is 0 Å². The number of rotatable bonds is 36. The van der Waals surface area contributed by atoms with E-state index >= 15 is 0 Å². The normalized spacial score (nSPS) is 27.7. The standard InChI is InChI=1S/C36H62O2.C26H42.C24H36F2O.C23H28O5/c1-7-8-9-10-11-12-16-34(37)38-29-21-23-35(5)28(25-29)17-18-30-32-20-19-31(27(4)15-13-14-26(2)3)36(32,6)24-22-33(30)35;1-4-6-21-7-11-23(12-8-21)25-15-17-26(18-16-25)24-13-9-22(10-14-24)19-20(3)5-2;1-4-5-17-6-8-18(9-7-17)19-10-12-20(13-11-19)21-14-22(25)24(23(26)15-21)27-16(2)3;1-4-5-6-7-16-26-20-12-8-19(9-13-20)23(25)28-21-14-10-18(11-15-21)22(24)27-17(2)3/h17,26-27,29-33H,7-16,18-25H2,1-6H3;9-10,13-14,20-21,23,25-26H,4-8,11-12,15-19H2,1-3H3;14-20H,4-13H2,1-3H3;8-15,17H,4-7,16H2,1-3H3/t27-,29+,30+,31-,32?,33+,35+,36-;;;/m1.../s1. The van der Waals surface area contributed by atoms with E-state index in [1.165, 1.54) is 249 Å². The van der Waals surface area contributed by atoms with Gasteiger partial charge in [-0.25, -0.2) is 18.4 Å². The van der Waals surface area contributed by atoms with Crippen molar-refractivity contribution in [3.8, 4) is 17.2 Å². The van der Waals surface area contributed by atoms with Crippen molar-refractivity contribution in [1.82, 2.24) is 0 Å². The van der Waals surface area contributed by atoms with Gasteiger partial charge in [-0.15, -0.1) is 0 Å². The Morgan fingerprint density at radius 1 is 0.496 bits per heavy atom. The largest absolute Gasteiger partial charge is 0.494 e. The van der Waals surface area contributed by atoms with Crippen molar-refractivity contribution < 1.29 is 46.8 Å². The molecule has 0 saturated heterocycles. The number of hydrogen-bond donors (Lipinski definition) is 0. The first kappa shape index (κ1) is 97.3. The fraction of sp³-hybridized carbons (Fsp3) is 0.734. The monoisotopic (exact) mass is 1640 g/mol. The third-order valence-electron chi connectivity index (χ3n) is 30.9. The molecule has 7 saturated carbocycles. The average Bonchev–Trinajstić information content (AvgIpc) is 1.65. The van der Waals surface area contributed by atoms with Gasteiger partial charge in [0.15, 0.2) is 17.4 Å². The summed E-state index contributed by atoms with van der Waals surface area (Å²) in [6, 6.07) is 25.9. The summed E-state index contributed by atoms with van der Waals surface area (Å²) < 4.78 is 56.1. The molecule has 12 rings (SSSR count). The highest BCUT2D eigenvalue weighted by Crippen LogP contribution is 2.68. The van der Waals surface area contributed by atoms with Crippen LogP contribution in [-0.4, -0.2) is 42.8 Å². The Bertz CT molecular complexity index is 3560. The van der Waals surface area contributed by atoms with Crippen LogP contribution < -0.4 is 14.2 Å². The SMILES string of the molecule is CCCC1CCC(C2CCC(c3cc(F)c(OC(C)C)c(F)c3)CC2)CC1.CCCC1CCC(C2CCC(c3ccc(CC(C)CC)cc3)CC2)CC1.CCCCCCCCC(=O)O[C@H]1CC[C@@]2(C)C(=CC[C@H]3C4CC[C@H]([C@H](C)CCCC(C)C)[C@@]4(C)CC[C@@H]32)C1.CCCCCCOc1ccc(C(=O)Oc2ccc(C(=O)OC(C)C)cc2)cc1. The van der Waals surface area contributed by atoms with Gasteiger partial charge in [0.25, 0.3) is 0 Å². The van der Waals surface area contributed by atoms with Crippen LogP contribution in [-0.2, 0) is 20.7 Å². The van der Waals surface area contributed by atoms with Crippen molar-refractivity contribution in [2.24, 2.45) is 87.8 Å². The first-order valence-electron chi connectivity index (χ1n) is 49.7. The van der Waals surface area contributed by atoms with E-state index < -0.39 is 23.6 Å². The number of benzene rings is 4. The molecule has 10 heteroatoms. The molecule has 8 aliphatic carbocycles. The Balaban J connectivity index is 0.000000183. The number of allylic oxidation sites excluding steroid dienone is 1. The van der Waals surface area contributed by atoms with Crippen molar-refractivity contribution in [2.45, 2.75) is 417 Å². The lowest BCUT2D eigenvalue weighted by Gasteiger charge is -2.58. The summed E-state index contributed by atoms with van der Waals surface area (Å²) in [4.78, 5) is 36.7. The van der Waals surface area contributed by atoms with Gasteiger partial charge < -0.3 is 23.7 Å². The van der Waals surface area contributed by atoms with Gasteiger partial charge in [0, 0.05) is 12.8 Å². The van der Waals surface area contributed by atoms with Crippen molar-refractivity contribution in [3.63, 3.8) is 0 Å². The third-order valence-corrected chi connectivity index (χ3v) is 30.9. The summed E-state index contributed by atoms with van der Waals surface area (Å²) in [5.74, 6) is 12.0. The van der Waals surface area contributed by atoms with Crippen LogP contribution in [0.1, 0.15) is 429 Å². The molecule has 4 aromatic carbocycles. The highest BCUT2D eigenvalue weighted by molar-refractivity contribution is 5.92. The van der Waals surface area contributed by atoms with Gasteiger partial charge in [0.05, 0.1) is 29.9 Å². The summed E-state index contributed by atoms with van der Waals surface area (Å²) in [6.07, 6.45) is 59.7. The quantitative estimate of drug-likeness (QED) is 0.0192. The van der Waals surface area contributed by atoms with Crippen LogP contribution in [0.15, 0.2) is 96.6 Å². The molecule has 0 aromatic heterocycles. The molecule has 0 radical (unpaired) electrons. The van der Waals surface area contributed by atoms with E-state index in [1.807, 2.05) is 0 Å². The predicted octanol–water partition coefficient (Wildman–Crippen LogP) is 31.9. The molecule has 0 spiro atoms. The van der Waals surface area contributed by atoms with Crippen molar-refractivity contribution in [2.75, 3.05) is 6.61 Å². The summed E-state index contributed by atoms with van der Waals surface area (Å²) in [7, 11) is 0. The Morgan fingerprint density at radius 2 is 1.03 bits per heavy atom. The van der Waals surface area contributed by atoms with E-state index in [0.717, 1.165) is 139 Å². The number of hydrogen-bond acceptors (Lipinski definition) is 8. The molecule has 0 aliphatic heterocycles. The molecule has 666 valence electrons. The maximum atomic E-state index is 14.3. The van der Waals surface area contributed by atoms with Gasteiger partial charge in [-0.2, -0.15) is 0 Å². The number of esters is 3.